The number of hydrogen-bond donors (Lipinski definition) is 0. The van der Waals surface area contributed by atoms with Gasteiger partial charge >= 0.3 is 67.5 Å². The Hall–Kier alpha value is -0.560. The van der Waals surface area contributed by atoms with Crippen LogP contribution in [0.2, 0.25) is 0 Å². The normalized spacial score (nSPS) is 10.2. The Morgan fingerprint density at radius 1 is 1.30 bits per heavy atom. The molecule has 0 aromatic heterocycles. The zero-order chi connectivity index (χ0) is 7.40. The van der Waals surface area contributed by atoms with Crippen LogP contribution in [0.15, 0.2) is 30.3 Å². The summed E-state index contributed by atoms with van der Waals surface area (Å²) in [7, 11) is 0. The third-order valence-corrected chi connectivity index (χ3v) is 3.38. The second-order valence-electron chi connectivity index (χ2n) is 1.64. The molecular formula is C8H6FI. The zero-order valence-electron chi connectivity index (χ0n) is 5.22. The summed E-state index contributed by atoms with van der Waals surface area (Å²) in [6.07, 6.45) is 4.95. The maximum absolute atomic E-state index is 12.8. The molecule has 0 heterocycles. The van der Waals surface area contributed by atoms with Gasteiger partial charge in [0.2, 0.25) is 0 Å². The summed E-state index contributed by atoms with van der Waals surface area (Å²) < 4.78 is 15.7. The van der Waals surface area contributed by atoms with E-state index in [9.17, 15) is 2.86 Å². The van der Waals surface area contributed by atoms with Gasteiger partial charge in [0.25, 0.3) is 0 Å². The molecule has 0 N–H and O–H groups in total. The molecule has 0 bridgehead atoms. The van der Waals surface area contributed by atoms with Crippen LogP contribution in [0.3, 0.4) is 0 Å². The predicted molar refractivity (Wildman–Crippen MR) is 49.1 cm³/mol. The van der Waals surface area contributed by atoms with Crippen molar-refractivity contribution in [3.05, 3.63) is 33.9 Å². The summed E-state index contributed by atoms with van der Waals surface area (Å²) in [5, 5.41) is 0. The van der Waals surface area contributed by atoms with Crippen molar-refractivity contribution in [2.45, 2.75) is 0 Å². The first-order valence-electron chi connectivity index (χ1n) is 2.72. The first-order chi connectivity index (χ1) is 4.84. The van der Waals surface area contributed by atoms with Gasteiger partial charge in [-0.05, 0) is 0 Å². The van der Waals surface area contributed by atoms with Crippen LogP contribution in [-0.4, -0.2) is 0 Å². The van der Waals surface area contributed by atoms with Crippen molar-refractivity contribution >= 4 is 20.4 Å². The summed E-state index contributed by atoms with van der Waals surface area (Å²) in [5.74, 6) is 0. The van der Waals surface area contributed by atoms with Gasteiger partial charge in [0.05, 0.1) is 0 Å². The van der Waals surface area contributed by atoms with Gasteiger partial charge in [0.1, 0.15) is 0 Å². The van der Waals surface area contributed by atoms with Gasteiger partial charge in [-0.3, -0.25) is 0 Å². The van der Waals surface area contributed by atoms with E-state index >= 15 is 0 Å². The summed E-state index contributed by atoms with van der Waals surface area (Å²) >= 11 is -2.67. The molecule has 0 nitrogen and oxygen atoms in total. The molecule has 2 heteroatoms. The molecule has 52 valence electrons. The summed E-state index contributed by atoms with van der Waals surface area (Å²) in [5.41, 5.74) is 0. The molecule has 0 aliphatic heterocycles. The van der Waals surface area contributed by atoms with Crippen molar-refractivity contribution < 1.29 is 2.86 Å². The van der Waals surface area contributed by atoms with Crippen LogP contribution in [0.4, 0.5) is 2.86 Å². The number of rotatable bonds is 1. The van der Waals surface area contributed by atoms with Crippen LogP contribution in [0, 0.1) is 13.9 Å². The molecule has 0 aliphatic carbocycles. The fraction of sp³-hybridized carbons (Fsp3) is 0. The molecule has 0 spiro atoms. The Bertz CT molecular complexity index is 237. The molecule has 0 aliphatic rings. The standard InChI is InChI=1S/C8H6FI/c1-2-10(9)8-6-4-3-5-7-8/h1,3-7H. The number of halogens is 2. The van der Waals surface area contributed by atoms with Crippen molar-refractivity contribution in [3.63, 3.8) is 0 Å². The summed E-state index contributed by atoms with van der Waals surface area (Å²) in [6, 6.07) is 8.94. The van der Waals surface area contributed by atoms with Gasteiger partial charge < -0.3 is 0 Å². The minimum atomic E-state index is -2.67. The Labute approximate surface area is 67.6 Å². The van der Waals surface area contributed by atoms with E-state index in [1.807, 2.05) is 6.07 Å². The molecule has 0 saturated carbocycles. The minimum absolute atomic E-state index is 0.703. The van der Waals surface area contributed by atoms with E-state index in [1.54, 1.807) is 24.3 Å². The molecule has 1 aromatic carbocycles. The average Bonchev–Trinajstić information content (AvgIpc) is 2.05. The van der Waals surface area contributed by atoms with Crippen LogP contribution < -0.4 is 0 Å². The van der Waals surface area contributed by atoms with Gasteiger partial charge in [-0.1, -0.05) is 0 Å². The van der Waals surface area contributed by atoms with Crippen molar-refractivity contribution in [3.8, 4) is 10.4 Å². The van der Waals surface area contributed by atoms with Gasteiger partial charge in [-0.2, -0.15) is 0 Å². The zero-order valence-corrected chi connectivity index (χ0v) is 7.38. The second kappa shape index (κ2) is 3.57. The molecule has 10 heavy (non-hydrogen) atoms. The molecule has 0 unspecified atom stereocenters. The molecule has 0 atom stereocenters. The Kier molecular flexibility index (Phi) is 2.69. The van der Waals surface area contributed by atoms with E-state index in [4.69, 9.17) is 6.42 Å². The SMILES string of the molecule is C#CI(F)c1ccccc1. The van der Waals surface area contributed by atoms with Crippen LogP contribution in [-0.2, 0) is 0 Å². The van der Waals surface area contributed by atoms with E-state index in [2.05, 4.69) is 3.93 Å². The average molecular weight is 248 g/mol. The third-order valence-electron chi connectivity index (χ3n) is 1.02. The van der Waals surface area contributed by atoms with Crippen molar-refractivity contribution in [1.82, 2.24) is 0 Å². The van der Waals surface area contributed by atoms with Crippen LogP contribution in [0.25, 0.3) is 0 Å². The fourth-order valence-electron chi connectivity index (χ4n) is 0.588. The number of hydrogen-bond acceptors (Lipinski definition) is 0. The van der Waals surface area contributed by atoms with Crippen LogP contribution in [0.1, 0.15) is 0 Å². The molecule has 0 saturated heterocycles. The quantitative estimate of drug-likeness (QED) is 0.529. The van der Waals surface area contributed by atoms with Crippen LogP contribution >= 0.6 is 20.4 Å². The van der Waals surface area contributed by atoms with E-state index in [-0.39, 0.29) is 0 Å². The number of benzene rings is 1. The van der Waals surface area contributed by atoms with Crippen LogP contribution in [0.5, 0.6) is 0 Å². The van der Waals surface area contributed by atoms with Crippen molar-refractivity contribution in [2.75, 3.05) is 0 Å². The van der Waals surface area contributed by atoms with Gasteiger partial charge in [-0.15, -0.1) is 0 Å². The van der Waals surface area contributed by atoms with E-state index < -0.39 is 20.4 Å². The predicted octanol–water partition coefficient (Wildman–Crippen LogP) is 2.84. The first-order valence-corrected chi connectivity index (χ1v) is 5.69. The second-order valence-corrected chi connectivity index (χ2v) is 4.87. The molecule has 0 radical (unpaired) electrons. The van der Waals surface area contributed by atoms with Gasteiger partial charge in [0, 0.05) is 0 Å². The first kappa shape index (κ1) is 7.55. The summed E-state index contributed by atoms with van der Waals surface area (Å²) in [4.78, 5) is 0. The maximum atomic E-state index is 12.8. The third kappa shape index (κ3) is 1.71. The van der Waals surface area contributed by atoms with Crippen molar-refractivity contribution in [2.24, 2.45) is 0 Å². The van der Waals surface area contributed by atoms with Gasteiger partial charge in [0.15, 0.2) is 0 Å². The summed E-state index contributed by atoms with van der Waals surface area (Å²) in [6.45, 7) is 0. The van der Waals surface area contributed by atoms with Crippen molar-refractivity contribution in [1.29, 1.82) is 0 Å². The molecule has 0 fully saturated rings. The number of terminal acetylenes is 1. The monoisotopic (exact) mass is 248 g/mol. The molecule has 1 rings (SSSR count). The Morgan fingerprint density at radius 3 is 2.40 bits per heavy atom. The fourth-order valence-corrected chi connectivity index (χ4v) is 1.99. The van der Waals surface area contributed by atoms with Gasteiger partial charge in [-0.25, -0.2) is 0 Å². The van der Waals surface area contributed by atoms with E-state index in [0.29, 0.717) is 3.57 Å². The molecule has 0 amide bonds. The van der Waals surface area contributed by atoms with E-state index in [1.165, 1.54) is 0 Å². The topological polar surface area (TPSA) is 0 Å². The van der Waals surface area contributed by atoms with E-state index in [0.717, 1.165) is 0 Å². The Balaban J connectivity index is 2.88. The molecule has 1 aromatic rings. The Morgan fingerprint density at radius 2 is 1.90 bits per heavy atom. The molecular weight excluding hydrogens is 242 g/mol.